The van der Waals surface area contributed by atoms with Gasteiger partial charge in [0.15, 0.2) is 5.78 Å². The average molecular weight is 186 g/mol. The van der Waals surface area contributed by atoms with E-state index < -0.39 is 0 Å². The van der Waals surface area contributed by atoms with Crippen LogP contribution in [0.3, 0.4) is 0 Å². The summed E-state index contributed by atoms with van der Waals surface area (Å²) >= 11 is 0. The topological polar surface area (TPSA) is 30.2 Å². The van der Waals surface area contributed by atoms with Crippen molar-refractivity contribution in [2.24, 2.45) is 0 Å². The van der Waals surface area contributed by atoms with Crippen LogP contribution in [0.15, 0.2) is 47.1 Å². The van der Waals surface area contributed by atoms with Crippen molar-refractivity contribution in [3.05, 3.63) is 48.2 Å². The van der Waals surface area contributed by atoms with Gasteiger partial charge in [-0.25, -0.2) is 0 Å². The molecule has 0 radical (unpaired) electrons. The van der Waals surface area contributed by atoms with Crippen molar-refractivity contribution < 1.29 is 9.21 Å². The number of hydrogen-bond donors (Lipinski definition) is 0. The number of hydrogen-bond acceptors (Lipinski definition) is 2. The molecule has 0 aliphatic carbocycles. The van der Waals surface area contributed by atoms with Gasteiger partial charge in [0.25, 0.3) is 0 Å². The molecule has 1 aromatic heterocycles. The molecule has 0 spiro atoms. The Bertz CT molecular complexity index is 506. The molecule has 0 saturated carbocycles. The lowest BCUT2D eigenvalue weighted by Crippen LogP contribution is -1.97. The summed E-state index contributed by atoms with van der Waals surface area (Å²) < 4.78 is 5.26. The van der Waals surface area contributed by atoms with Crippen LogP contribution in [0.5, 0.6) is 0 Å². The summed E-state index contributed by atoms with van der Waals surface area (Å²) in [5.74, 6) is -0.0602. The highest BCUT2D eigenvalue weighted by Crippen LogP contribution is 2.22. The van der Waals surface area contributed by atoms with E-state index >= 15 is 0 Å². The molecule has 1 aromatic carbocycles. The van der Waals surface area contributed by atoms with Gasteiger partial charge in [-0.3, -0.25) is 4.79 Å². The summed E-state index contributed by atoms with van der Waals surface area (Å²) in [7, 11) is 0. The van der Waals surface area contributed by atoms with Gasteiger partial charge in [0.2, 0.25) is 0 Å². The predicted octanol–water partition coefficient (Wildman–Crippen LogP) is 3.19. The van der Waals surface area contributed by atoms with E-state index in [4.69, 9.17) is 4.42 Å². The van der Waals surface area contributed by atoms with Gasteiger partial charge in [0.05, 0.1) is 5.56 Å². The number of para-hydroxylation sites is 1. The second-order valence-electron chi connectivity index (χ2n) is 3.25. The van der Waals surface area contributed by atoms with Crippen LogP contribution in [-0.2, 0) is 0 Å². The Morgan fingerprint density at radius 1 is 1.36 bits per heavy atom. The van der Waals surface area contributed by atoms with E-state index in [-0.39, 0.29) is 5.78 Å². The first kappa shape index (κ1) is 8.75. The van der Waals surface area contributed by atoms with Crippen molar-refractivity contribution in [3.63, 3.8) is 0 Å². The minimum atomic E-state index is -0.0602. The van der Waals surface area contributed by atoms with Gasteiger partial charge in [0.1, 0.15) is 11.8 Å². The number of benzene rings is 1. The quantitative estimate of drug-likeness (QED) is 0.532. The second kappa shape index (κ2) is 3.14. The van der Waals surface area contributed by atoms with Crippen LogP contribution in [0, 0.1) is 0 Å². The first-order valence-electron chi connectivity index (χ1n) is 4.36. The zero-order chi connectivity index (χ0) is 10.1. The highest BCUT2D eigenvalue weighted by molar-refractivity contribution is 6.15. The van der Waals surface area contributed by atoms with E-state index in [1.54, 1.807) is 6.92 Å². The van der Waals surface area contributed by atoms with E-state index in [9.17, 15) is 4.79 Å². The molecular weight excluding hydrogens is 176 g/mol. The van der Waals surface area contributed by atoms with Gasteiger partial charge in [-0.15, -0.1) is 0 Å². The van der Waals surface area contributed by atoms with Gasteiger partial charge in [-0.05, 0) is 18.6 Å². The van der Waals surface area contributed by atoms with Crippen molar-refractivity contribution in [2.75, 3.05) is 0 Å². The average Bonchev–Trinajstić information content (AvgIpc) is 2.60. The summed E-state index contributed by atoms with van der Waals surface area (Å²) in [6.07, 6.45) is 1.49. The Morgan fingerprint density at radius 2 is 2.07 bits per heavy atom. The first-order chi connectivity index (χ1) is 6.70. The fraction of sp³-hybridized carbons (Fsp3) is 0.0833. The molecule has 2 nitrogen and oxygen atoms in total. The van der Waals surface area contributed by atoms with E-state index in [1.165, 1.54) is 6.26 Å². The Hall–Kier alpha value is -1.83. The number of fused-ring (bicyclic) bond motifs is 1. The van der Waals surface area contributed by atoms with Crippen LogP contribution in [0.1, 0.15) is 17.3 Å². The molecule has 0 aliphatic heterocycles. The molecular formula is C12H10O2. The predicted molar refractivity (Wildman–Crippen MR) is 55.4 cm³/mol. The SMILES string of the molecule is C=C(C)C(=O)c1coc2ccccc12. The molecule has 1 heterocycles. The minimum Gasteiger partial charge on any atom is -0.464 e. The lowest BCUT2D eigenvalue weighted by Gasteiger charge is -1.94. The van der Waals surface area contributed by atoms with E-state index in [1.807, 2.05) is 24.3 Å². The number of carbonyl (C=O) groups is 1. The normalized spacial score (nSPS) is 10.4. The smallest absolute Gasteiger partial charge is 0.191 e. The number of ketones is 1. The van der Waals surface area contributed by atoms with Crippen molar-refractivity contribution in [3.8, 4) is 0 Å². The molecule has 0 unspecified atom stereocenters. The van der Waals surface area contributed by atoms with Crippen LogP contribution in [0.25, 0.3) is 11.0 Å². The van der Waals surface area contributed by atoms with Gasteiger partial charge in [-0.2, -0.15) is 0 Å². The molecule has 70 valence electrons. The number of furan rings is 1. The third-order valence-corrected chi connectivity index (χ3v) is 2.11. The third kappa shape index (κ3) is 1.25. The lowest BCUT2D eigenvalue weighted by atomic mass is 10.1. The van der Waals surface area contributed by atoms with Gasteiger partial charge >= 0.3 is 0 Å². The fourth-order valence-corrected chi connectivity index (χ4v) is 1.38. The molecule has 2 heteroatoms. The van der Waals surface area contributed by atoms with E-state index in [0.717, 1.165) is 11.0 Å². The number of Topliss-reactive ketones (excluding diaryl/α,β-unsaturated/α-hetero) is 1. The van der Waals surface area contributed by atoms with Crippen molar-refractivity contribution in [1.29, 1.82) is 0 Å². The van der Waals surface area contributed by atoms with Gasteiger partial charge < -0.3 is 4.42 Å². The molecule has 0 atom stereocenters. The highest BCUT2D eigenvalue weighted by Gasteiger charge is 2.13. The molecule has 0 saturated heterocycles. The summed E-state index contributed by atoms with van der Waals surface area (Å²) in [6, 6.07) is 7.47. The number of carbonyl (C=O) groups excluding carboxylic acids is 1. The van der Waals surface area contributed by atoms with Crippen LogP contribution in [-0.4, -0.2) is 5.78 Å². The highest BCUT2D eigenvalue weighted by atomic mass is 16.3. The molecule has 2 aromatic rings. The lowest BCUT2D eigenvalue weighted by molar-refractivity contribution is 0.103. The van der Waals surface area contributed by atoms with Crippen molar-refractivity contribution in [2.45, 2.75) is 6.92 Å². The molecule has 0 aliphatic rings. The molecule has 14 heavy (non-hydrogen) atoms. The number of allylic oxidation sites excluding steroid dienone is 1. The number of rotatable bonds is 2. The summed E-state index contributed by atoms with van der Waals surface area (Å²) in [4.78, 5) is 11.7. The van der Waals surface area contributed by atoms with Crippen LogP contribution in [0.4, 0.5) is 0 Å². The minimum absolute atomic E-state index is 0.0602. The molecule has 0 bridgehead atoms. The van der Waals surface area contributed by atoms with Crippen LogP contribution < -0.4 is 0 Å². The third-order valence-electron chi connectivity index (χ3n) is 2.11. The summed E-state index contributed by atoms with van der Waals surface area (Å²) in [5.41, 5.74) is 1.85. The largest absolute Gasteiger partial charge is 0.464 e. The maximum Gasteiger partial charge on any atom is 0.191 e. The Kier molecular flexibility index (Phi) is 1.97. The van der Waals surface area contributed by atoms with Crippen LogP contribution in [0.2, 0.25) is 0 Å². The molecule has 0 amide bonds. The van der Waals surface area contributed by atoms with Crippen molar-refractivity contribution in [1.82, 2.24) is 0 Å². The Labute approximate surface area is 81.8 Å². The molecule has 2 rings (SSSR count). The van der Waals surface area contributed by atoms with E-state index in [2.05, 4.69) is 6.58 Å². The standard InChI is InChI=1S/C12H10O2/c1-8(2)12(13)10-7-14-11-6-4-3-5-9(10)11/h3-7H,1H2,2H3. The zero-order valence-electron chi connectivity index (χ0n) is 7.91. The maximum atomic E-state index is 11.7. The molecule has 0 N–H and O–H groups in total. The van der Waals surface area contributed by atoms with Gasteiger partial charge in [0, 0.05) is 5.39 Å². The summed E-state index contributed by atoms with van der Waals surface area (Å²) in [5, 5.41) is 0.848. The van der Waals surface area contributed by atoms with Crippen molar-refractivity contribution >= 4 is 16.8 Å². The monoisotopic (exact) mass is 186 g/mol. The zero-order valence-corrected chi connectivity index (χ0v) is 7.91. The Morgan fingerprint density at radius 3 is 2.79 bits per heavy atom. The Balaban J connectivity index is 2.64. The molecule has 0 fully saturated rings. The first-order valence-corrected chi connectivity index (χ1v) is 4.36. The van der Waals surface area contributed by atoms with E-state index in [0.29, 0.717) is 11.1 Å². The van der Waals surface area contributed by atoms with Gasteiger partial charge in [-0.1, -0.05) is 24.8 Å². The second-order valence-corrected chi connectivity index (χ2v) is 3.25. The maximum absolute atomic E-state index is 11.7. The van der Waals surface area contributed by atoms with Crippen LogP contribution >= 0.6 is 0 Å². The summed E-state index contributed by atoms with van der Waals surface area (Å²) in [6.45, 7) is 5.33. The fourth-order valence-electron chi connectivity index (χ4n) is 1.38.